The van der Waals surface area contributed by atoms with Gasteiger partial charge in [0.05, 0.1) is 4.88 Å². The van der Waals surface area contributed by atoms with Gasteiger partial charge in [-0.25, -0.2) is 0 Å². The van der Waals surface area contributed by atoms with Gasteiger partial charge in [0.15, 0.2) is 0 Å². The molecule has 0 aromatic carbocycles. The first-order valence-electron chi connectivity index (χ1n) is 5.91. The molecule has 1 aliphatic carbocycles. The van der Waals surface area contributed by atoms with Gasteiger partial charge in [-0.2, -0.15) is 0 Å². The van der Waals surface area contributed by atoms with Crippen molar-refractivity contribution in [3.05, 3.63) is 21.9 Å². The van der Waals surface area contributed by atoms with E-state index in [4.69, 9.17) is 0 Å². The zero-order valence-electron chi connectivity index (χ0n) is 10.2. The van der Waals surface area contributed by atoms with Crippen molar-refractivity contribution < 1.29 is 14.7 Å². The lowest BCUT2D eigenvalue weighted by atomic mass is 10.0. The smallest absolute Gasteiger partial charge is 0.279 e. The lowest BCUT2D eigenvalue weighted by Gasteiger charge is -2.20. The summed E-state index contributed by atoms with van der Waals surface area (Å²) in [5.41, 5.74) is 3.30. The first kappa shape index (κ1) is 13.0. The topological polar surface area (TPSA) is 78.4 Å². The fourth-order valence-corrected chi connectivity index (χ4v) is 2.80. The van der Waals surface area contributed by atoms with Crippen LogP contribution in [0.2, 0.25) is 0 Å². The molecule has 0 saturated heterocycles. The molecule has 1 fully saturated rings. The number of aryl methyl sites for hydroxylation is 1. The maximum atomic E-state index is 11.7. The molecule has 98 valence electrons. The van der Waals surface area contributed by atoms with E-state index in [1.54, 1.807) is 6.07 Å². The van der Waals surface area contributed by atoms with Crippen LogP contribution in [0.1, 0.15) is 40.2 Å². The number of amides is 2. The van der Waals surface area contributed by atoms with E-state index in [1.165, 1.54) is 11.3 Å². The highest BCUT2D eigenvalue weighted by molar-refractivity contribution is 7.13. The molecule has 2 rings (SSSR count). The molecule has 1 aromatic rings. The molecule has 1 aliphatic rings. The first-order valence-corrected chi connectivity index (χ1v) is 6.72. The minimum Gasteiger partial charge on any atom is -0.380 e. The summed E-state index contributed by atoms with van der Waals surface area (Å²) in [5, 5.41) is 9.99. The quantitative estimate of drug-likeness (QED) is 0.703. The van der Waals surface area contributed by atoms with Crippen molar-refractivity contribution in [3.8, 4) is 0 Å². The van der Waals surface area contributed by atoms with Crippen LogP contribution in [-0.4, -0.2) is 22.5 Å². The summed E-state index contributed by atoms with van der Waals surface area (Å²) in [5.74, 6) is -0.885. The van der Waals surface area contributed by atoms with Crippen LogP contribution >= 0.6 is 11.3 Å². The van der Waals surface area contributed by atoms with Crippen LogP contribution in [0, 0.1) is 6.92 Å². The molecular formula is C12H16N2O3S. The highest BCUT2D eigenvalue weighted by atomic mass is 32.1. The van der Waals surface area contributed by atoms with E-state index in [9.17, 15) is 14.7 Å². The summed E-state index contributed by atoms with van der Waals surface area (Å²) in [7, 11) is 0. The Balaban J connectivity index is 1.88. The zero-order chi connectivity index (χ0) is 13.2. The molecule has 6 heteroatoms. The average Bonchev–Trinajstić information content (AvgIpc) is 2.95. The van der Waals surface area contributed by atoms with Gasteiger partial charge in [-0.1, -0.05) is 0 Å². The van der Waals surface area contributed by atoms with E-state index >= 15 is 0 Å². The molecular weight excluding hydrogens is 252 g/mol. The summed E-state index contributed by atoms with van der Waals surface area (Å²) in [6.45, 7) is 1.90. The Labute approximate surface area is 109 Å². The van der Waals surface area contributed by atoms with Crippen molar-refractivity contribution in [2.75, 3.05) is 0 Å². The van der Waals surface area contributed by atoms with Crippen molar-refractivity contribution in [2.24, 2.45) is 0 Å². The van der Waals surface area contributed by atoms with Crippen molar-refractivity contribution in [1.82, 2.24) is 10.9 Å². The summed E-state index contributed by atoms with van der Waals surface area (Å²) < 4.78 is 0. The number of hydrogen-bond donors (Lipinski definition) is 3. The van der Waals surface area contributed by atoms with E-state index in [0.29, 0.717) is 17.7 Å². The number of rotatable bonds is 2. The van der Waals surface area contributed by atoms with E-state index in [2.05, 4.69) is 10.9 Å². The fourth-order valence-electron chi connectivity index (χ4n) is 2.03. The Morgan fingerprint density at radius 2 is 1.94 bits per heavy atom. The van der Waals surface area contributed by atoms with Gasteiger partial charge in [-0.3, -0.25) is 20.4 Å². The molecule has 1 saturated carbocycles. The second-order valence-corrected chi connectivity index (χ2v) is 5.85. The molecule has 3 N–H and O–H groups in total. The number of carbonyl (C=O) groups is 2. The summed E-state index contributed by atoms with van der Waals surface area (Å²) >= 11 is 1.35. The SMILES string of the molecule is Cc1ccc(C(=O)NNC(=O)C2(O)CCCC2)s1. The third-order valence-corrected chi connectivity index (χ3v) is 4.11. The molecule has 0 unspecified atom stereocenters. The molecule has 18 heavy (non-hydrogen) atoms. The second kappa shape index (κ2) is 5.07. The van der Waals surface area contributed by atoms with Crippen LogP contribution in [-0.2, 0) is 4.79 Å². The maximum Gasteiger partial charge on any atom is 0.279 e. The Morgan fingerprint density at radius 3 is 2.50 bits per heavy atom. The Hall–Kier alpha value is -1.40. The van der Waals surface area contributed by atoms with Gasteiger partial charge in [0.25, 0.3) is 11.8 Å². The molecule has 0 radical (unpaired) electrons. The standard InChI is InChI=1S/C12H16N2O3S/c1-8-4-5-9(18-8)10(15)13-14-11(16)12(17)6-2-3-7-12/h4-5,17H,2-3,6-7H2,1H3,(H,13,15)(H,14,16). The van der Waals surface area contributed by atoms with E-state index in [0.717, 1.165) is 17.7 Å². The number of nitrogens with one attached hydrogen (secondary N) is 2. The van der Waals surface area contributed by atoms with Gasteiger partial charge in [0, 0.05) is 4.88 Å². The molecule has 1 heterocycles. The van der Waals surface area contributed by atoms with Crippen LogP contribution in [0.15, 0.2) is 12.1 Å². The minimum absolute atomic E-state index is 0.358. The van der Waals surface area contributed by atoms with Crippen molar-refractivity contribution in [2.45, 2.75) is 38.2 Å². The fraction of sp³-hybridized carbons (Fsp3) is 0.500. The van der Waals surface area contributed by atoms with Gasteiger partial charge in [-0.05, 0) is 44.7 Å². The lowest BCUT2D eigenvalue weighted by molar-refractivity contribution is -0.139. The number of hydrazine groups is 1. The summed E-state index contributed by atoms with van der Waals surface area (Å²) in [6, 6.07) is 3.54. The number of thiophene rings is 1. The normalized spacial score (nSPS) is 17.4. The highest BCUT2D eigenvalue weighted by Crippen LogP contribution is 2.29. The predicted octanol–water partition coefficient (Wildman–Crippen LogP) is 1.12. The minimum atomic E-state index is -1.32. The van der Waals surface area contributed by atoms with Crippen LogP contribution in [0.3, 0.4) is 0 Å². The largest absolute Gasteiger partial charge is 0.380 e. The van der Waals surface area contributed by atoms with Gasteiger partial charge >= 0.3 is 0 Å². The van der Waals surface area contributed by atoms with E-state index in [-0.39, 0.29) is 5.91 Å². The van der Waals surface area contributed by atoms with Gasteiger partial charge in [0.2, 0.25) is 0 Å². The van der Waals surface area contributed by atoms with Crippen molar-refractivity contribution >= 4 is 23.2 Å². The Morgan fingerprint density at radius 1 is 1.28 bits per heavy atom. The second-order valence-electron chi connectivity index (χ2n) is 4.56. The molecule has 0 bridgehead atoms. The van der Waals surface area contributed by atoms with Gasteiger partial charge in [-0.15, -0.1) is 11.3 Å². The maximum absolute atomic E-state index is 11.7. The van der Waals surface area contributed by atoms with E-state index in [1.807, 2.05) is 13.0 Å². The predicted molar refractivity (Wildman–Crippen MR) is 68.1 cm³/mol. The van der Waals surface area contributed by atoms with E-state index < -0.39 is 11.5 Å². The molecule has 2 amide bonds. The van der Waals surface area contributed by atoms with Gasteiger partial charge < -0.3 is 5.11 Å². The lowest BCUT2D eigenvalue weighted by Crippen LogP contribution is -2.51. The molecule has 0 spiro atoms. The number of aliphatic hydroxyl groups is 1. The number of carbonyl (C=O) groups excluding carboxylic acids is 2. The first-order chi connectivity index (χ1) is 8.51. The number of hydrogen-bond acceptors (Lipinski definition) is 4. The van der Waals surface area contributed by atoms with Crippen LogP contribution in [0.5, 0.6) is 0 Å². The molecule has 0 aliphatic heterocycles. The highest BCUT2D eigenvalue weighted by Gasteiger charge is 2.39. The van der Waals surface area contributed by atoms with Crippen LogP contribution < -0.4 is 10.9 Å². The molecule has 1 aromatic heterocycles. The summed E-state index contributed by atoms with van der Waals surface area (Å²) in [4.78, 5) is 25.0. The Kier molecular flexibility index (Phi) is 3.68. The molecule has 5 nitrogen and oxygen atoms in total. The van der Waals surface area contributed by atoms with Crippen molar-refractivity contribution in [1.29, 1.82) is 0 Å². The summed E-state index contributed by atoms with van der Waals surface area (Å²) in [6.07, 6.45) is 2.57. The average molecular weight is 268 g/mol. The Bertz CT molecular complexity index is 464. The van der Waals surface area contributed by atoms with Gasteiger partial charge in [0.1, 0.15) is 5.60 Å². The van der Waals surface area contributed by atoms with Crippen LogP contribution in [0.25, 0.3) is 0 Å². The zero-order valence-corrected chi connectivity index (χ0v) is 11.0. The molecule has 0 atom stereocenters. The third kappa shape index (κ3) is 2.70. The van der Waals surface area contributed by atoms with Crippen LogP contribution in [0.4, 0.5) is 0 Å². The third-order valence-electron chi connectivity index (χ3n) is 3.11. The monoisotopic (exact) mass is 268 g/mol. The van der Waals surface area contributed by atoms with Crippen molar-refractivity contribution in [3.63, 3.8) is 0 Å².